The molecule has 3 aromatic rings. The molecule has 0 aliphatic carbocycles. The van der Waals surface area contributed by atoms with E-state index in [1.165, 1.54) is 0 Å². The lowest BCUT2D eigenvalue weighted by atomic mass is 10.2. The molecule has 2 heterocycles. The van der Waals surface area contributed by atoms with E-state index >= 15 is 0 Å². The highest BCUT2D eigenvalue weighted by Gasteiger charge is 2.17. The van der Waals surface area contributed by atoms with Crippen molar-refractivity contribution in [2.75, 3.05) is 0 Å². The van der Waals surface area contributed by atoms with Crippen molar-refractivity contribution in [3.05, 3.63) is 65.3 Å². The standard InChI is InChI=1S/C15H11ClN4O2/c16-12-7-2-1-6-11(12)14-19-20-15(22-14)13(21)18-9-10-5-3-4-8-17-10/h1-8H,9H2,(H,18,21). The highest BCUT2D eigenvalue weighted by molar-refractivity contribution is 6.33. The minimum absolute atomic E-state index is 0.120. The van der Waals surface area contributed by atoms with E-state index in [4.69, 9.17) is 16.0 Å². The Hall–Kier alpha value is -2.73. The van der Waals surface area contributed by atoms with Gasteiger partial charge in [0.25, 0.3) is 0 Å². The third kappa shape index (κ3) is 3.12. The van der Waals surface area contributed by atoms with Crippen LogP contribution in [0.5, 0.6) is 0 Å². The van der Waals surface area contributed by atoms with Crippen molar-refractivity contribution < 1.29 is 9.21 Å². The third-order valence-electron chi connectivity index (χ3n) is 2.88. The Bertz CT molecular complexity index is 789. The summed E-state index contributed by atoms with van der Waals surface area (Å²) >= 11 is 6.05. The zero-order valence-electron chi connectivity index (χ0n) is 11.4. The molecule has 7 heteroatoms. The molecule has 110 valence electrons. The number of carbonyl (C=O) groups is 1. The Morgan fingerprint density at radius 1 is 1.14 bits per heavy atom. The van der Waals surface area contributed by atoms with Crippen LogP contribution in [0.1, 0.15) is 16.4 Å². The van der Waals surface area contributed by atoms with E-state index in [2.05, 4.69) is 20.5 Å². The van der Waals surface area contributed by atoms with Gasteiger partial charge in [0.05, 0.1) is 22.8 Å². The van der Waals surface area contributed by atoms with Crippen molar-refractivity contribution in [2.24, 2.45) is 0 Å². The molecule has 1 N–H and O–H groups in total. The summed E-state index contributed by atoms with van der Waals surface area (Å²) in [4.78, 5) is 16.1. The molecule has 1 amide bonds. The van der Waals surface area contributed by atoms with Gasteiger partial charge in [0.15, 0.2) is 0 Å². The molecule has 0 atom stereocenters. The first-order valence-corrected chi connectivity index (χ1v) is 6.88. The maximum Gasteiger partial charge on any atom is 0.309 e. The van der Waals surface area contributed by atoms with Gasteiger partial charge < -0.3 is 9.73 Å². The molecule has 0 saturated heterocycles. The van der Waals surface area contributed by atoms with Gasteiger partial charge in [-0.05, 0) is 24.3 Å². The SMILES string of the molecule is O=C(NCc1ccccn1)c1nnc(-c2ccccc2Cl)o1. The topological polar surface area (TPSA) is 80.9 Å². The summed E-state index contributed by atoms with van der Waals surface area (Å²) < 4.78 is 5.36. The summed E-state index contributed by atoms with van der Waals surface area (Å²) in [6.45, 7) is 0.281. The summed E-state index contributed by atoms with van der Waals surface area (Å²) in [7, 11) is 0. The number of nitrogens with zero attached hydrogens (tertiary/aromatic N) is 3. The highest BCUT2D eigenvalue weighted by atomic mass is 35.5. The average Bonchev–Trinajstić information content (AvgIpc) is 3.04. The first kappa shape index (κ1) is 14.2. The molecule has 22 heavy (non-hydrogen) atoms. The molecule has 6 nitrogen and oxygen atoms in total. The number of halogens is 1. The Balaban J connectivity index is 1.71. The molecule has 0 unspecified atom stereocenters. The lowest BCUT2D eigenvalue weighted by molar-refractivity contribution is 0.0916. The largest absolute Gasteiger partial charge is 0.412 e. The molecule has 0 aliphatic heterocycles. The highest BCUT2D eigenvalue weighted by Crippen LogP contribution is 2.26. The molecule has 3 rings (SSSR count). The average molecular weight is 315 g/mol. The number of carbonyl (C=O) groups excluding carboxylic acids is 1. The summed E-state index contributed by atoms with van der Waals surface area (Å²) in [6, 6.07) is 12.5. The van der Waals surface area contributed by atoms with E-state index in [0.717, 1.165) is 5.69 Å². The van der Waals surface area contributed by atoms with Crippen molar-refractivity contribution in [3.63, 3.8) is 0 Å². The van der Waals surface area contributed by atoms with Gasteiger partial charge in [0, 0.05) is 6.20 Å². The number of rotatable bonds is 4. The number of nitrogens with one attached hydrogen (secondary N) is 1. The smallest absolute Gasteiger partial charge is 0.309 e. The molecular formula is C15H11ClN4O2. The molecule has 0 radical (unpaired) electrons. The minimum atomic E-state index is -0.462. The molecule has 0 saturated carbocycles. The second kappa shape index (κ2) is 6.36. The normalized spacial score (nSPS) is 10.4. The minimum Gasteiger partial charge on any atom is -0.412 e. The number of hydrogen-bond acceptors (Lipinski definition) is 5. The van der Waals surface area contributed by atoms with Gasteiger partial charge in [-0.3, -0.25) is 9.78 Å². The Kier molecular flexibility index (Phi) is 4.11. The van der Waals surface area contributed by atoms with Crippen molar-refractivity contribution in [2.45, 2.75) is 6.54 Å². The molecule has 0 fully saturated rings. The Morgan fingerprint density at radius 3 is 2.73 bits per heavy atom. The van der Waals surface area contributed by atoms with E-state index in [9.17, 15) is 4.79 Å². The van der Waals surface area contributed by atoms with Crippen LogP contribution in [-0.4, -0.2) is 21.1 Å². The molecular weight excluding hydrogens is 304 g/mol. The van der Waals surface area contributed by atoms with Gasteiger partial charge in [0.2, 0.25) is 5.89 Å². The van der Waals surface area contributed by atoms with Crippen LogP contribution in [-0.2, 0) is 6.54 Å². The second-order valence-corrected chi connectivity index (χ2v) is 4.80. The first-order valence-electron chi connectivity index (χ1n) is 6.50. The fraction of sp³-hybridized carbons (Fsp3) is 0.0667. The number of hydrogen-bond donors (Lipinski definition) is 1. The molecule has 1 aromatic carbocycles. The van der Waals surface area contributed by atoms with Gasteiger partial charge >= 0.3 is 11.8 Å². The van der Waals surface area contributed by atoms with Crippen molar-refractivity contribution in [1.82, 2.24) is 20.5 Å². The van der Waals surface area contributed by atoms with E-state index in [-0.39, 0.29) is 18.3 Å². The van der Waals surface area contributed by atoms with Gasteiger partial charge in [-0.1, -0.05) is 29.8 Å². The number of benzene rings is 1. The maximum absolute atomic E-state index is 12.0. The zero-order valence-corrected chi connectivity index (χ0v) is 12.1. The van der Waals surface area contributed by atoms with Crippen LogP contribution < -0.4 is 5.32 Å². The summed E-state index contributed by atoms with van der Waals surface area (Å²) in [5.41, 5.74) is 1.32. The lowest BCUT2D eigenvalue weighted by Crippen LogP contribution is -2.23. The predicted octanol–water partition coefficient (Wildman–Crippen LogP) is 2.72. The van der Waals surface area contributed by atoms with Gasteiger partial charge in [-0.25, -0.2) is 0 Å². The maximum atomic E-state index is 12.0. The van der Waals surface area contributed by atoms with E-state index in [1.807, 2.05) is 12.1 Å². The molecule has 0 bridgehead atoms. The number of pyridine rings is 1. The summed E-state index contributed by atoms with van der Waals surface area (Å²) in [6.07, 6.45) is 1.66. The van der Waals surface area contributed by atoms with Crippen LogP contribution in [0.2, 0.25) is 5.02 Å². The second-order valence-electron chi connectivity index (χ2n) is 4.40. The number of amides is 1. The van der Waals surface area contributed by atoms with Gasteiger partial charge in [-0.15, -0.1) is 10.2 Å². The van der Waals surface area contributed by atoms with Crippen LogP contribution in [0.25, 0.3) is 11.5 Å². The monoisotopic (exact) mass is 314 g/mol. The van der Waals surface area contributed by atoms with Crippen LogP contribution >= 0.6 is 11.6 Å². The Morgan fingerprint density at radius 2 is 1.95 bits per heavy atom. The summed E-state index contributed by atoms with van der Waals surface area (Å²) in [5, 5.41) is 10.7. The third-order valence-corrected chi connectivity index (χ3v) is 3.21. The lowest BCUT2D eigenvalue weighted by Gasteiger charge is -2.01. The van der Waals surface area contributed by atoms with E-state index in [1.54, 1.807) is 36.5 Å². The molecule has 0 spiro atoms. The summed E-state index contributed by atoms with van der Waals surface area (Å²) in [5.74, 6) is -0.379. The molecule has 0 aliphatic rings. The fourth-order valence-electron chi connectivity index (χ4n) is 1.81. The van der Waals surface area contributed by atoms with Crippen molar-refractivity contribution >= 4 is 17.5 Å². The molecule has 2 aromatic heterocycles. The van der Waals surface area contributed by atoms with Crippen LogP contribution in [0.4, 0.5) is 0 Å². The fourth-order valence-corrected chi connectivity index (χ4v) is 2.02. The quantitative estimate of drug-likeness (QED) is 0.800. The van der Waals surface area contributed by atoms with E-state index in [0.29, 0.717) is 10.6 Å². The van der Waals surface area contributed by atoms with E-state index < -0.39 is 5.91 Å². The van der Waals surface area contributed by atoms with Gasteiger partial charge in [0.1, 0.15) is 0 Å². The first-order chi connectivity index (χ1) is 10.7. The zero-order chi connectivity index (χ0) is 15.4. The van der Waals surface area contributed by atoms with Crippen LogP contribution in [0.15, 0.2) is 53.1 Å². The number of aromatic nitrogens is 3. The van der Waals surface area contributed by atoms with Crippen molar-refractivity contribution in [1.29, 1.82) is 0 Å². The predicted molar refractivity (Wildman–Crippen MR) is 80.2 cm³/mol. The van der Waals surface area contributed by atoms with Crippen LogP contribution in [0.3, 0.4) is 0 Å². The Labute approximate surface area is 131 Å². The van der Waals surface area contributed by atoms with Gasteiger partial charge in [-0.2, -0.15) is 0 Å². The van der Waals surface area contributed by atoms with Crippen molar-refractivity contribution in [3.8, 4) is 11.5 Å². The van der Waals surface area contributed by atoms with Crippen LogP contribution in [0, 0.1) is 0 Å².